The van der Waals surface area contributed by atoms with Gasteiger partial charge < -0.3 is 16.0 Å². The third-order valence-electron chi connectivity index (χ3n) is 3.53. The summed E-state index contributed by atoms with van der Waals surface area (Å²) in [6.45, 7) is 0. The van der Waals surface area contributed by atoms with E-state index in [1.54, 1.807) is 36.2 Å². The number of azo groups is 1. The second-order valence-corrected chi connectivity index (χ2v) is 6.21. The van der Waals surface area contributed by atoms with E-state index in [0.717, 1.165) is 5.69 Å². The summed E-state index contributed by atoms with van der Waals surface area (Å²) >= 11 is 11.6. The Morgan fingerprint density at radius 1 is 0.931 bits per heavy atom. The van der Waals surface area contributed by atoms with Crippen molar-refractivity contribution in [1.29, 1.82) is 5.41 Å². The summed E-state index contributed by atoms with van der Waals surface area (Å²) in [5, 5.41) is 18.3. The first-order valence-electron chi connectivity index (χ1n) is 7.94. The second kappa shape index (κ2) is 9.97. The van der Waals surface area contributed by atoms with Gasteiger partial charge in [0, 0.05) is 18.4 Å². The first-order valence-corrected chi connectivity index (χ1v) is 8.70. The van der Waals surface area contributed by atoms with Crippen LogP contribution in [0.1, 0.15) is 0 Å². The lowest BCUT2D eigenvalue weighted by atomic mass is 10.2. The zero-order valence-electron chi connectivity index (χ0n) is 15.0. The highest BCUT2D eigenvalue weighted by atomic mass is 35.5. The maximum Gasteiger partial charge on any atom is 0.235 e. The van der Waals surface area contributed by atoms with Gasteiger partial charge in [-0.15, -0.1) is 12.4 Å². The molecule has 1 heterocycles. The van der Waals surface area contributed by atoms with Gasteiger partial charge in [0.25, 0.3) is 0 Å². The zero-order chi connectivity index (χ0) is 20.1. The predicted octanol–water partition coefficient (Wildman–Crippen LogP) is 5.09. The first-order chi connectivity index (χ1) is 13.4. The molecule has 0 aliphatic rings. The van der Waals surface area contributed by atoms with Crippen LogP contribution in [0.2, 0.25) is 10.6 Å². The molecule has 1 aromatic heterocycles. The van der Waals surface area contributed by atoms with Crippen molar-refractivity contribution in [3.63, 3.8) is 0 Å². The summed E-state index contributed by atoms with van der Waals surface area (Å²) in [5.74, 6) is 0.208. The first kappa shape index (κ1) is 22.3. The smallest absolute Gasteiger partial charge is 0.235 e. The third kappa shape index (κ3) is 6.24. The Bertz CT molecular complexity index is 987. The quantitative estimate of drug-likeness (QED) is 0.281. The molecule has 0 unspecified atom stereocenters. The molecule has 0 aliphatic heterocycles. The van der Waals surface area contributed by atoms with Gasteiger partial charge in [-0.2, -0.15) is 25.2 Å². The Balaban J connectivity index is 0.00000300. The van der Waals surface area contributed by atoms with Crippen molar-refractivity contribution < 1.29 is 0 Å². The highest BCUT2D eigenvalue weighted by Crippen LogP contribution is 2.26. The molecular formula is C17H16Cl3N9. The average molecular weight is 453 g/mol. The Morgan fingerprint density at radius 2 is 1.41 bits per heavy atom. The highest BCUT2D eigenvalue weighted by Gasteiger charge is 2.10. The van der Waals surface area contributed by atoms with Crippen molar-refractivity contribution in [2.24, 2.45) is 16.0 Å². The minimum absolute atomic E-state index is 0. The molecule has 9 nitrogen and oxygen atoms in total. The third-order valence-corrected chi connectivity index (χ3v) is 3.87. The number of hydrogen-bond donors (Lipinski definition) is 3. The van der Waals surface area contributed by atoms with Crippen molar-refractivity contribution in [2.75, 3.05) is 17.3 Å². The molecule has 12 heteroatoms. The fourth-order valence-electron chi connectivity index (χ4n) is 2.21. The predicted molar refractivity (Wildman–Crippen MR) is 118 cm³/mol. The van der Waals surface area contributed by atoms with E-state index < -0.39 is 0 Å². The number of nitrogens with two attached hydrogens (primary N) is 1. The number of halogens is 3. The van der Waals surface area contributed by atoms with Gasteiger partial charge in [-0.25, -0.2) is 0 Å². The summed E-state index contributed by atoms with van der Waals surface area (Å²) in [6, 6.07) is 14.4. The maximum absolute atomic E-state index is 7.20. The number of guanidine groups is 1. The normalized spacial score (nSPS) is 10.4. The van der Waals surface area contributed by atoms with Crippen molar-refractivity contribution in [3.8, 4) is 0 Å². The number of nitrogens with zero attached hydrogens (tertiary/aromatic N) is 6. The van der Waals surface area contributed by atoms with Crippen molar-refractivity contribution in [1.82, 2.24) is 15.0 Å². The molecule has 3 aromatic rings. The largest absolute Gasteiger partial charge is 0.370 e. The molecule has 0 atom stereocenters. The molecule has 0 spiro atoms. The van der Waals surface area contributed by atoms with Crippen LogP contribution in [0, 0.1) is 5.41 Å². The Morgan fingerprint density at radius 3 is 1.90 bits per heavy atom. The van der Waals surface area contributed by atoms with Gasteiger partial charge in [-0.1, -0.05) is 0 Å². The maximum atomic E-state index is 7.20. The molecule has 0 bridgehead atoms. The molecule has 0 radical (unpaired) electrons. The van der Waals surface area contributed by atoms with E-state index in [0.29, 0.717) is 23.0 Å². The fourth-order valence-corrected chi connectivity index (χ4v) is 2.56. The molecular weight excluding hydrogens is 437 g/mol. The summed E-state index contributed by atoms with van der Waals surface area (Å²) in [6.07, 6.45) is 0. The van der Waals surface area contributed by atoms with E-state index >= 15 is 0 Å². The van der Waals surface area contributed by atoms with Gasteiger partial charge in [-0.05, 0) is 71.7 Å². The molecule has 0 amide bonds. The molecule has 0 fully saturated rings. The van der Waals surface area contributed by atoms with E-state index in [1.165, 1.54) is 0 Å². The summed E-state index contributed by atoms with van der Waals surface area (Å²) in [4.78, 5) is 13.6. The fraction of sp³-hybridized carbons (Fsp3) is 0.0588. The van der Waals surface area contributed by atoms with Gasteiger partial charge >= 0.3 is 0 Å². The van der Waals surface area contributed by atoms with Gasteiger partial charge in [0.15, 0.2) is 5.96 Å². The van der Waals surface area contributed by atoms with Crippen LogP contribution in [0.25, 0.3) is 0 Å². The highest BCUT2D eigenvalue weighted by molar-refractivity contribution is 6.31. The number of nitrogens with one attached hydrogen (secondary N) is 2. The summed E-state index contributed by atoms with van der Waals surface area (Å²) < 4.78 is 0. The minimum Gasteiger partial charge on any atom is -0.370 e. The number of anilines is 3. The van der Waals surface area contributed by atoms with E-state index in [2.05, 4.69) is 30.5 Å². The topological polar surface area (TPSA) is 129 Å². The van der Waals surface area contributed by atoms with Gasteiger partial charge in [0.1, 0.15) is 0 Å². The Kier molecular flexibility index (Phi) is 7.66. The van der Waals surface area contributed by atoms with Crippen molar-refractivity contribution in [2.45, 2.75) is 0 Å². The summed E-state index contributed by atoms with van der Waals surface area (Å²) in [7, 11) is 1.79. The average Bonchev–Trinajstić information content (AvgIpc) is 2.66. The van der Waals surface area contributed by atoms with Crippen LogP contribution in [0.3, 0.4) is 0 Å². The number of rotatable bonds is 5. The Labute approximate surface area is 182 Å². The van der Waals surface area contributed by atoms with Gasteiger partial charge in [0.2, 0.25) is 16.5 Å². The van der Waals surface area contributed by atoms with E-state index in [4.69, 9.17) is 34.3 Å². The molecule has 0 saturated carbocycles. The molecule has 2 aromatic carbocycles. The van der Waals surface area contributed by atoms with Crippen molar-refractivity contribution in [3.05, 3.63) is 59.1 Å². The molecule has 29 heavy (non-hydrogen) atoms. The lowest BCUT2D eigenvalue weighted by molar-refractivity contribution is 0.985. The van der Waals surface area contributed by atoms with Crippen molar-refractivity contribution >= 4 is 70.3 Å². The molecule has 0 aliphatic carbocycles. The number of aromatic nitrogens is 3. The minimum atomic E-state index is -0.124. The molecule has 3 rings (SSSR count). The molecule has 150 valence electrons. The molecule has 4 N–H and O–H groups in total. The summed E-state index contributed by atoms with van der Waals surface area (Å²) in [5.41, 5.74) is 8.15. The second-order valence-electron chi connectivity index (χ2n) is 5.53. The standard InChI is InChI=1S/C17H15Cl2N9.ClH/c1-28(17-24-14(18)23-15(19)25-17)13-8-6-12(7-9-13)27-26-11-4-2-10(3-5-11)22-16(20)21;/h2-9H,1H3,(H4,20,21,22);1H. The van der Waals surface area contributed by atoms with Gasteiger partial charge in [-0.3, -0.25) is 5.41 Å². The van der Waals surface area contributed by atoms with Crippen LogP contribution < -0.4 is 16.0 Å². The Hall–Kier alpha value is -3.01. The van der Waals surface area contributed by atoms with Crippen LogP contribution in [0.5, 0.6) is 0 Å². The van der Waals surface area contributed by atoms with Crippen LogP contribution >= 0.6 is 35.6 Å². The van der Waals surface area contributed by atoms with Crippen LogP contribution in [-0.4, -0.2) is 28.0 Å². The zero-order valence-corrected chi connectivity index (χ0v) is 17.4. The molecule has 0 saturated heterocycles. The SMILES string of the molecule is CN(c1ccc(N=Nc2ccc(NC(=N)N)cc2)cc1)c1nc(Cl)nc(Cl)n1.Cl. The van der Waals surface area contributed by atoms with E-state index in [9.17, 15) is 0 Å². The van der Waals surface area contributed by atoms with Gasteiger partial charge in [0.05, 0.1) is 11.4 Å². The lowest BCUT2D eigenvalue weighted by Gasteiger charge is -2.16. The van der Waals surface area contributed by atoms with Crippen LogP contribution in [0.4, 0.5) is 28.7 Å². The number of benzene rings is 2. The monoisotopic (exact) mass is 451 g/mol. The lowest BCUT2D eigenvalue weighted by Crippen LogP contribution is -2.20. The van der Waals surface area contributed by atoms with Crippen LogP contribution in [0.15, 0.2) is 58.8 Å². The van der Waals surface area contributed by atoms with E-state index in [-0.39, 0.29) is 28.9 Å². The van der Waals surface area contributed by atoms with Crippen LogP contribution in [-0.2, 0) is 0 Å². The number of hydrogen-bond acceptors (Lipinski definition) is 7. The van der Waals surface area contributed by atoms with E-state index in [1.807, 2.05) is 24.3 Å².